The van der Waals surface area contributed by atoms with E-state index in [0.29, 0.717) is 25.9 Å². The van der Waals surface area contributed by atoms with Crippen LogP contribution in [0.3, 0.4) is 0 Å². The van der Waals surface area contributed by atoms with Crippen molar-refractivity contribution in [1.82, 2.24) is 9.62 Å². The zero-order chi connectivity index (χ0) is 19.4. The Hall–Kier alpha value is -1.45. The molecule has 1 aromatic rings. The minimum atomic E-state index is -3.77. The van der Waals surface area contributed by atoms with Crippen molar-refractivity contribution >= 4 is 25.8 Å². The van der Waals surface area contributed by atoms with Crippen molar-refractivity contribution in [2.75, 3.05) is 18.1 Å². The summed E-state index contributed by atoms with van der Waals surface area (Å²) in [6.45, 7) is 4.02. The van der Waals surface area contributed by atoms with Gasteiger partial charge in [-0.05, 0) is 30.5 Å². The molecular formula is C17H26N2O5S2. The van der Waals surface area contributed by atoms with Gasteiger partial charge in [0.15, 0.2) is 9.84 Å². The molecule has 0 aromatic heterocycles. The van der Waals surface area contributed by atoms with Crippen LogP contribution in [0.25, 0.3) is 0 Å². The average Bonchev–Trinajstić information content (AvgIpc) is 2.93. The molecule has 0 radical (unpaired) electrons. The van der Waals surface area contributed by atoms with Crippen molar-refractivity contribution in [2.45, 2.75) is 50.6 Å². The lowest BCUT2D eigenvalue weighted by molar-refractivity contribution is -0.119. The number of benzene rings is 1. The highest BCUT2D eigenvalue weighted by Crippen LogP contribution is 2.25. The standard InChI is InChI=1S/C17H26N2O5S2/c1-3-4-10-19(16-9-11-25(21,22)13-16)26(23,24)17-7-5-15(6-8-17)12-18-14(2)20/h5-8,16H,3-4,9-13H2,1-2H3,(H,18,20)/t16-/m0/s1. The number of nitrogens with one attached hydrogen (secondary N) is 1. The number of hydrogen-bond donors (Lipinski definition) is 1. The van der Waals surface area contributed by atoms with Gasteiger partial charge in [-0.25, -0.2) is 16.8 Å². The predicted octanol–water partition coefficient (Wildman–Crippen LogP) is 1.30. The number of hydrogen-bond acceptors (Lipinski definition) is 5. The van der Waals surface area contributed by atoms with E-state index in [-0.39, 0.29) is 22.3 Å². The van der Waals surface area contributed by atoms with E-state index >= 15 is 0 Å². The summed E-state index contributed by atoms with van der Waals surface area (Å²) in [5, 5.41) is 2.66. The summed E-state index contributed by atoms with van der Waals surface area (Å²) >= 11 is 0. The second-order valence-electron chi connectivity index (χ2n) is 6.58. The van der Waals surface area contributed by atoms with Crippen molar-refractivity contribution < 1.29 is 21.6 Å². The summed E-state index contributed by atoms with van der Waals surface area (Å²) in [6, 6.07) is 5.83. The fraction of sp³-hybridized carbons (Fsp3) is 0.588. The van der Waals surface area contributed by atoms with Crippen LogP contribution in [0.5, 0.6) is 0 Å². The Kier molecular flexibility index (Phi) is 6.81. The lowest BCUT2D eigenvalue weighted by Gasteiger charge is -2.27. The van der Waals surface area contributed by atoms with Crippen molar-refractivity contribution in [3.63, 3.8) is 0 Å². The molecule has 0 bridgehead atoms. The van der Waals surface area contributed by atoms with Gasteiger partial charge in [-0.3, -0.25) is 4.79 Å². The molecule has 1 aliphatic heterocycles. The highest BCUT2D eigenvalue weighted by molar-refractivity contribution is 7.92. The quantitative estimate of drug-likeness (QED) is 0.706. The summed E-state index contributed by atoms with van der Waals surface area (Å²) in [5.74, 6) is -0.239. The van der Waals surface area contributed by atoms with Crippen LogP contribution in [-0.2, 0) is 31.2 Å². The SMILES string of the molecule is CCCCN([C@H]1CCS(=O)(=O)C1)S(=O)(=O)c1ccc(CNC(C)=O)cc1. The number of rotatable bonds is 8. The van der Waals surface area contributed by atoms with Crippen LogP contribution in [0.4, 0.5) is 0 Å². The fourth-order valence-corrected chi connectivity index (χ4v) is 6.47. The Balaban J connectivity index is 2.24. The lowest BCUT2D eigenvalue weighted by Crippen LogP contribution is -2.41. The summed E-state index contributed by atoms with van der Waals surface area (Å²) in [4.78, 5) is 11.1. The first kappa shape index (κ1) is 20.9. The Morgan fingerprint density at radius 1 is 1.27 bits per heavy atom. The van der Waals surface area contributed by atoms with Gasteiger partial charge in [-0.1, -0.05) is 25.5 Å². The van der Waals surface area contributed by atoms with Gasteiger partial charge < -0.3 is 5.32 Å². The highest BCUT2D eigenvalue weighted by atomic mass is 32.2. The van der Waals surface area contributed by atoms with Crippen LogP contribution in [0.15, 0.2) is 29.2 Å². The fourth-order valence-electron chi connectivity index (χ4n) is 2.96. The first-order chi connectivity index (χ1) is 12.2. The van der Waals surface area contributed by atoms with Gasteiger partial charge >= 0.3 is 0 Å². The third-order valence-electron chi connectivity index (χ3n) is 4.42. The topological polar surface area (TPSA) is 101 Å². The van der Waals surface area contributed by atoms with Crippen LogP contribution < -0.4 is 5.32 Å². The number of carbonyl (C=O) groups excluding carboxylic acids is 1. The molecule has 26 heavy (non-hydrogen) atoms. The molecule has 146 valence electrons. The van der Waals surface area contributed by atoms with Gasteiger partial charge in [0.05, 0.1) is 16.4 Å². The van der Waals surface area contributed by atoms with Crippen molar-refractivity contribution in [1.29, 1.82) is 0 Å². The maximum absolute atomic E-state index is 13.1. The molecule has 1 aromatic carbocycles. The summed E-state index contributed by atoms with van der Waals surface area (Å²) in [6.07, 6.45) is 1.84. The molecular weight excluding hydrogens is 376 g/mol. The van der Waals surface area contributed by atoms with Crippen molar-refractivity contribution in [2.24, 2.45) is 0 Å². The van der Waals surface area contributed by atoms with E-state index in [1.165, 1.54) is 23.4 Å². The monoisotopic (exact) mass is 402 g/mol. The van der Waals surface area contributed by atoms with E-state index in [4.69, 9.17) is 0 Å². The van der Waals surface area contributed by atoms with Crippen molar-refractivity contribution in [3.05, 3.63) is 29.8 Å². The first-order valence-electron chi connectivity index (χ1n) is 8.71. The van der Waals surface area contributed by atoms with E-state index in [0.717, 1.165) is 12.0 Å². The molecule has 1 atom stereocenters. The predicted molar refractivity (Wildman–Crippen MR) is 99.8 cm³/mol. The molecule has 2 rings (SSSR count). The van der Waals surface area contributed by atoms with E-state index in [1.807, 2.05) is 6.92 Å². The van der Waals surface area contributed by atoms with Gasteiger partial charge in [-0.15, -0.1) is 0 Å². The number of nitrogens with zero attached hydrogens (tertiary/aromatic N) is 1. The van der Waals surface area contributed by atoms with Gasteiger partial charge in [-0.2, -0.15) is 4.31 Å². The zero-order valence-corrected chi connectivity index (χ0v) is 16.8. The van der Waals surface area contributed by atoms with Gasteiger partial charge in [0, 0.05) is 26.1 Å². The normalized spacial score (nSPS) is 19.6. The van der Waals surface area contributed by atoms with Crippen LogP contribution in [0.1, 0.15) is 38.7 Å². The average molecular weight is 403 g/mol. The van der Waals surface area contributed by atoms with Gasteiger partial charge in [0.2, 0.25) is 15.9 Å². The molecule has 0 aliphatic carbocycles. The Morgan fingerprint density at radius 2 is 1.92 bits per heavy atom. The van der Waals surface area contributed by atoms with E-state index < -0.39 is 25.9 Å². The zero-order valence-electron chi connectivity index (χ0n) is 15.1. The first-order valence-corrected chi connectivity index (χ1v) is 12.0. The van der Waals surface area contributed by atoms with Crippen LogP contribution in [0.2, 0.25) is 0 Å². The molecule has 0 unspecified atom stereocenters. The molecule has 1 saturated heterocycles. The minimum Gasteiger partial charge on any atom is -0.352 e. The molecule has 1 amide bonds. The number of unbranched alkanes of at least 4 members (excludes halogenated alkanes) is 1. The largest absolute Gasteiger partial charge is 0.352 e. The van der Waals surface area contributed by atoms with Crippen molar-refractivity contribution in [3.8, 4) is 0 Å². The summed E-state index contributed by atoms with van der Waals surface area (Å²) < 4.78 is 51.1. The third-order valence-corrected chi connectivity index (χ3v) is 8.14. The highest BCUT2D eigenvalue weighted by Gasteiger charge is 2.38. The van der Waals surface area contributed by atoms with Gasteiger partial charge in [0.1, 0.15) is 0 Å². The smallest absolute Gasteiger partial charge is 0.243 e. The third kappa shape index (κ3) is 5.28. The van der Waals surface area contributed by atoms with E-state index in [1.54, 1.807) is 12.1 Å². The van der Waals surface area contributed by atoms with Gasteiger partial charge in [0.25, 0.3) is 0 Å². The number of sulfonamides is 1. The van der Waals surface area contributed by atoms with E-state index in [2.05, 4.69) is 5.32 Å². The molecule has 1 N–H and O–H groups in total. The minimum absolute atomic E-state index is 0.0332. The number of amides is 1. The molecule has 1 heterocycles. The van der Waals surface area contributed by atoms with Crippen LogP contribution in [0, 0.1) is 0 Å². The Morgan fingerprint density at radius 3 is 2.42 bits per heavy atom. The number of carbonyl (C=O) groups is 1. The maximum atomic E-state index is 13.1. The number of sulfone groups is 1. The Bertz CT molecular complexity index is 832. The second kappa shape index (κ2) is 8.49. The second-order valence-corrected chi connectivity index (χ2v) is 10.7. The van der Waals surface area contributed by atoms with Crippen LogP contribution >= 0.6 is 0 Å². The molecule has 0 spiro atoms. The van der Waals surface area contributed by atoms with Crippen LogP contribution in [-0.4, -0.2) is 51.1 Å². The maximum Gasteiger partial charge on any atom is 0.243 e. The molecule has 1 fully saturated rings. The molecule has 9 heteroatoms. The molecule has 0 saturated carbocycles. The molecule has 1 aliphatic rings. The summed E-state index contributed by atoms with van der Waals surface area (Å²) in [5.41, 5.74) is 0.794. The Labute approximate surface area is 155 Å². The lowest BCUT2D eigenvalue weighted by atomic mass is 10.2. The molecule has 7 nitrogen and oxygen atoms in total. The van der Waals surface area contributed by atoms with E-state index in [9.17, 15) is 21.6 Å². The summed E-state index contributed by atoms with van der Waals surface area (Å²) in [7, 11) is -6.95.